The number of nitrogens with two attached hydrogens (primary N) is 1. The molecule has 1 saturated heterocycles. The van der Waals surface area contributed by atoms with E-state index >= 15 is 0 Å². The molecule has 1 aliphatic heterocycles. The smallest absolute Gasteiger partial charge is 0.254 e. The highest BCUT2D eigenvalue weighted by molar-refractivity contribution is 5.98. The van der Waals surface area contributed by atoms with Gasteiger partial charge in [-0.2, -0.15) is 0 Å². The second kappa shape index (κ2) is 7.94. The third kappa shape index (κ3) is 3.59. The Morgan fingerprint density at radius 2 is 1.88 bits per heavy atom. The Morgan fingerprint density at radius 1 is 1.15 bits per heavy atom. The Hall–Kier alpha value is -1.63. The minimum Gasteiger partial charge on any atom is -0.378 e. The fourth-order valence-electron chi connectivity index (χ4n) is 4.63. The zero-order valence-corrected chi connectivity index (χ0v) is 15.5. The zero-order valence-electron chi connectivity index (χ0n) is 14.7. The summed E-state index contributed by atoms with van der Waals surface area (Å²) in [6, 6.07) is 7.15. The molecule has 1 aromatic carbocycles. The van der Waals surface area contributed by atoms with Gasteiger partial charge in [0.25, 0.3) is 5.91 Å². The van der Waals surface area contributed by atoms with Gasteiger partial charge in [-0.1, -0.05) is 6.07 Å². The largest absolute Gasteiger partial charge is 0.378 e. The van der Waals surface area contributed by atoms with Crippen molar-refractivity contribution in [3.8, 4) is 0 Å². The van der Waals surface area contributed by atoms with Crippen LogP contribution in [0.4, 0.5) is 5.69 Å². The molecule has 4 unspecified atom stereocenters. The number of rotatable bonds is 3. The molecule has 7 heteroatoms. The normalized spacial score (nSPS) is 30.0. The van der Waals surface area contributed by atoms with Crippen LogP contribution in [0.25, 0.3) is 0 Å². The second-order valence-corrected chi connectivity index (χ2v) is 7.41. The van der Waals surface area contributed by atoms with Gasteiger partial charge in [0.05, 0.1) is 19.1 Å². The summed E-state index contributed by atoms with van der Waals surface area (Å²) >= 11 is 0. The lowest BCUT2D eigenvalue weighted by molar-refractivity contribution is -0.121. The minimum absolute atomic E-state index is 0. The molecule has 0 radical (unpaired) electrons. The van der Waals surface area contributed by atoms with Crippen molar-refractivity contribution in [1.82, 2.24) is 4.90 Å². The van der Waals surface area contributed by atoms with Gasteiger partial charge < -0.3 is 20.7 Å². The van der Waals surface area contributed by atoms with Crippen molar-refractivity contribution < 1.29 is 14.3 Å². The Balaban J connectivity index is 0.00000196. The molecule has 3 N–H and O–H groups in total. The molecule has 4 rings (SSSR count). The van der Waals surface area contributed by atoms with Crippen LogP contribution < -0.4 is 11.1 Å². The molecule has 142 valence electrons. The highest BCUT2D eigenvalue weighted by Gasteiger charge is 2.49. The van der Waals surface area contributed by atoms with Gasteiger partial charge in [-0.15, -0.1) is 12.4 Å². The van der Waals surface area contributed by atoms with Gasteiger partial charge >= 0.3 is 0 Å². The third-order valence-corrected chi connectivity index (χ3v) is 5.96. The van der Waals surface area contributed by atoms with Crippen LogP contribution in [-0.2, 0) is 9.53 Å². The van der Waals surface area contributed by atoms with Crippen LogP contribution in [-0.4, -0.2) is 49.1 Å². The van der Waals surface area contributed by atoms with E-state index in [4.69, 9.17) is 10.5 Å². The van der Waals surface area contributed by atoms with Crippen LogP contribution in [0, 0.1) is 17.8 Å². The molecule has 0 aromatic heterocycles. The maximum atomic E-state index is 12.7. The molecular formula is C19H26ClN3O3. The molecule has 1 heterocycles. The predicted octanol–water partition coefficient (Wildman–Crippen LogP) is 1.89. The van der Waals surface area contributed by atoms with Crippen molar-refractivity contribution in [1.29, 1.82) is 0 Å². The summed E-state index contributed by atoms with van der Waals surface area (Å²) in [5, 5.41) is 2.98. The van der Waals surface area contributed by atoms with Gasteiger partial charge in [0.2, 0.25) is 5.91 Å². The number of carbonyl (C=O) groups excluding carboxylic acids is 2. The second-order valence-electron chi connectivity index (χ2n) is 7.41. The first kappa shape index (κ1) is 19.1. The van der Waals surface area contributed by atoms with Gasteiger partial charge in [0.15, 0.2) is 0 Å². The molecule has 2 saturated carbocycles. The van der Waals surface area contributed by atoms with E-state index < -0.39 is 0 Å². The van der Waals surface area contributed by atoms with Crippen molar-refractivity contribution in [2.24, 2.45) is 23.5 Å². The van der Waals surface area contributed by atoms with Gasteiger partial charge in [0, 0.05) is 30.4 Å². The summed E-state index contributed by atoms with van der Waals surface area (Å²) in [7, 11) is 0. The number of nitrogens with one attached hydrogen (secondary N) is 1. The highest BCUT2D eigenvalue weighted by atomic mass is 35.5. The minimum atomic E-state index is -0.0997. The molecule has 1 aromatic rings. The fraction of sp³-hybridized carbons (Fsp3) is 0.579. The Bertz CT molecular complexity index is 676. The summed E-state index contributed by atoms with van der Waals surface area (Å²) < 4.78 is 5.29. The van der Waals surface area contributed by atoms with Crippen LogP contribution >= 0.6 is 12.4 Å². The Labute approximate surface area is 159 Å². The summed E-state index contributed by atoms with van der Waals surface area (Å²) in [4.78, 5) is 27.1. The number of morpholine rings is 1. The number of halogens is 1. The SMILES string of the molecule is Cl.NC1C2CCC(C2)C1C(=O)Nc1cccc(C(=O)N2CCOCC2)c1. The van der Waals surface area contributed by atoms with Gasteiger partial charge in [-0.05, 0) is 49.3 Å². The number of nitrogens with zero attached hydrogens (tertiary/aromatic N) is 1. The molecule has 4 atom stereocenters. The lowest BCUT2D eigenvalue weighted by atomic mass is 9.84. The van der Waals surface area contributed by atoms with E-state index in [0.29, 0.717) is 49.4 Å². The lowest BCUT2D eigenvalue weighted by Crippen LogP contribution is -2.42. The number of fused-ring (bicyclic) bond motifs is 2. The number of benzene rings is 1. The fourth-order valence-corrected chi connectivity index (χ4v) is 4.63. The maximum Gasteiger partial charge on any atom is 0.254 e. The Morgan fingerprint density at radius 3 is 2.58 bits per heavy atom. The molecule has 6 nitrogen and oxygen atoms in total. The van der Waals surface area contributed by atoms with Gasteiger partial charge in [0.1, 0.15) is 0 Å². The van der Waals surface area contributed by atoms with Crippen molar-refractivity contribution in [3.05, 3.63) is 29.8 Å². The molecule has 26 heavy (non-hydrogen) atoms. The van der Waals surface area contributed by atoms with E-state index in [1.54, 1.807) is 17.0 Å². The number of hydrogen-bond acceptors (Lipinski definition) is 4. The van der Waals surface area contributed by atoms with E-state index in [2.05, 4.69) is 5.32 Å². The first-order chi connectivity index (χ1) is 12.1. The van der Waals surface area contributed by atoms with E-state index in [0.717, 1.165) is 19.3 Å². The predicted molar refractivity (Wildman–Crippen MR) is 101 cm³/mol. The first-order valence-corrected chi connectivity index (χ1v) is 9.17. The highest BCUT2D eigenvalue weighted by Crippen LogP contribution is 2.47. The molecule has 3 fully saturated rings. The van der Waals surface area contributed by atoms with Crippen molar-refractivity contribution in [2.75, 3.05) is 31.6 Å². The van der Waals surface area contributed by atoms with Crippen molar-refractivity contribution in [2.45, 2.75) is 25.3 Å². The molecule has 2 aliphatic carbocycles. The number of hydrogen-bond donors (Lipinski definition) is 2. The van der Waals surface area contributed by atoms with E-state index in [-0.39, 0.29) is 36.2 Å². The molecule has 0 spiro atoms. The lowest BCUT2D eigenvalue weighted by Gasteiger charge is -2.28. The quantitative estimate of drug-likeness (QED) is 0.839. The maximum absolute atomic E-state index is 12.7. The van der Waals surface area contributed by atoms with Crippen LogP contribution in [0.1, 0.15) is 29.6 Å². The number of ether oxygens (including phenoxy) is 1. The van der Waals surface area contributed by atoms with E-state index in [1.807, 2.05) is 12.1 Å². The van der Waals surface area contributed by atoms with Crippen LogP contribution in [0.15, 0.2) is 24.3 Å². The van der Waals surface area contributed by atoms with Crippen molar-refractivity contribution in [3.63, 3.8) is 0 Å². The third-order valence-electron chi connectivity index (χ3n) is 5.96. The molecule has 2 bridgehead atoms. The first-order valence-electron chi connectivity index (χ1n) is 9.17. The van der Waals surface area contributed by atoms with E-state index in [1.165, 1.54) is 0 Å². The zero-order chi connectivity index (χ0) is 17.4. The monoisotopic (exact) mass is 379 g/mol. The summed E-state index contributed by atoms with van der Waals surface area (Å²) in [5.41, 5.74) is 7.52. The molecule has 2 amide bonds. The van der Waals surface area contributed by atoms with Crippen LogP contribution in [0.5, 0.6) is 0 Å². The van der Waals surface area contributed by atoms with Crippen LogP contribution in [0.2, 0.25) is 0 Å². The summed E-state index contributed by atoms with van der Waals surface area (Å²) in [6.45, 7) is 2.36. The molecule has 3 aliphatic rings. The topological polar surface area (TPSA) is 84.7 Å². The van der Waals surface area contributed by atoms with Crippen LogP contribution in [0.3, 0.4) is 0 Å². The number of amides is 2. The van der Waals surface area contributed by atoms with Gasteiger partial charge in [-0.3, -0.25) is 9.59 Å². The van der Waals surface area contributed by atoms with Crippen molar-refractivity contribution >= 4 is 29.9 Å². The van der Waals surface area contributed by atoms with Gasteiger partial charge in [-0.25, -0.2) is 0 Å². The average molecular weight is 380 g/mol. The number of carbonyl (C=O) groups is 2. The number of anilines is 1. The Kier molecular flexibility index (Phi) is 5.85. The summed E-state index contributed by atoms with van der Waals surface area (Å²) in [6.07, 6.45) is 3.33. The average Bonchev–Trinajstić information content (AvgIpc) is 3.23. The van der Waals surface area contributed by atoms with E-state index in [9.17, 15) is 9.59 Å². The summed E-state index contributed by atoms with van der Waals surface area (Å²) in [5.74, 6) is 0.789. The standard InChI is InChI=1S/C19H25N3O3.ClH/c20-17-13-5-4-12(10-13)16(17)18(23)21-15-3-1-2-14(11-15)19(24)22-6-8-25-9-7-22;/h1-3,11-13,16-17H,4-10,20H2,(H,21,23);1H. The molecular weight excluding hydrogens is 354 g/mol.